The summed E-state index contributed by atoms with van der Waals surface area (Å²) in [6.45, 7) is 2.15. The van der Waals surface area contributed by atoms with Crippen molar-refractivity contribution in [3.63, 3.8) is 0 Å². The number of carboxylic acids is 1. The highest BCUT2D eigenvalue weighted by Crippen LogP contribution is 2.31. The first-order valence-corrected chi connectivity index (χ1v) is 10.2. The molecule has 1 N–H and O–H groups in total. The Hall–Kier alpha value is -2.65. The van der Waals surface area contributed by atoms with Gasteiger partial charge in [0.2, 0.25) is 5.89 Å². The first kappa shape index (κ1) is 21.1. The van der Waals surface area contributed by atoms with Crippen molar-refractivity contribution >= 4 is 39.7 Å². The lowest BCUT2D eigenvalue weighted by atomic mass is 10.2. The van der Waals surface area contributed by atoms with Gasteiger partial charge in [-0.2, -0.15) is 0 Å². The van der Waals surface area contributed by atoms with Crippen LogP contribution in [0.1, 0.15) is 23.9 Å². The lowest BCUT2D eigenvalue weighted by molar-refractivity contribution is -0.131. The third-order valence-electron chi connectivity index (χ3n) is 3.72. The molecule has 0 aliphatic carbocycles. The molecule has 0 saturated carbocycles. The lowest BCUT2D eigenvalue weighted by Gasteiger charge is -2.09. The van der Waals surface area contributed by atoms with Gasteiger partial charge in [0.15, 0.2) is 0 Å². The van der Waals surface area contributed by atoms with Crippen LogP contribution in [0.4, 0.5) is 4.39 Å². The van der Waals surface area contributed by atoms with Crippen LogP contribution < -0.4 is 4.74 Å². The quantitative estimate of drug-likeness (QED) is 0.345. The van der Waals surface area contributed by atoms with Gasteiger partial charge in [-0.3, -0.25) is 0 Å². The number of benzene rings is 2. The van der Waals surface area contributed by atoms with Gasteiger partial charge in [0.05, 0.1) is 4.47 Å². The van der Waals surface area contributed by atoms with E-state index >= 15 is 0 Å². The Labute approximate surface area is 178 Å². The number of aromatic nitrogens is 2. The van der Waals surface area contributed by atoms with E-state index in [1.165, 1.54) is 18.2 Å². The number of halogens is 2. The number of nitrogens with zero attached hydrogens (tertiary/aromatic N) is 2. The number of ether oxygens (including phenoxy) is 1. The van der Waals surface area contributed by atoms with E-state index in [2.05, 4.69) is 26.1 Å². The molecule has 1 aromatic heterocycles. The standard InChI is InChI=1S/C20H16BrFN2O4S/c1-2-18-23-24-20(28-18)29-17(19(25)26)10-13-5-8-16(15(21)9-13)27-11-12-3-6-14(22)7-4-12/h3-10H,2,11H2,1H3,(H,25,26)/b17-10-. The molecule has 1 heterocycles. The van der Waals surface area contributed by atoms with E-state index in [0.29, 0.717) is 28.1 Å². The highest BCUT2D eigenvalue weighted by Gasteiger charge is 2.15. The fraction of sp³-hybridized carbons (Fsp3) is 0.150. The van der Waals surface area contributed by atoms with Crippen molar-refractivity contribution in [2.45, 2.75) is 25.2 Å². The van der Waals surface area contributed by atoms with Crippen molar-refractivity contribution in [1.82, 2.24) is 10.2 Å². The molecule has 6 nitrogen and oxygen atoms in total. The minimum Gasteiger partial charge on any atom is -0.488 e. The van der Waals surface area contributed by atoms with Crippen LogP contribution in [-0.2, 0) is 17.8 Å². The summed E-state index contributed by atoms with van der Waals surface area (Å²) in [5, 5.41) is 17.3. The largest absolute Gasteiger partial charge is 0.488 e. The second-order valence-electron chi connectivity index (χ2n) is 5.84. The Balaban J connectivity index is 1.72. The molecule has 150 valence electrons. The van der Waals surface area contributed by atoms with E-state index in [1.807, 2.05) is 6.92 Å². The minimum absolute atomic E-state index is 0.0446. The number of rotatable bonds is 8. The van der Waals surface area contributed by atoms with Gasteiger partial charge in [0, 0.05) is 6.42 Å². The molecular formula is C20H16BrFN2O4S. The molecule has 0 aliphatic heterocycles. The van der Waals surface area contributed by atoms with E-state index < -0.39 is 5.97 Å². The van der Waals surface area contributed by atoms with Gasteiger partial charge in [0.1, 0.15) is 23.1 Å². The summed E-state index contributed by atoms with van der Waals surface area (Å²) in [5.74, 6) is -0.369. The molecule has 3 rings (SSSR count). The molecule has 29 heavy (non-hydrogen) atoms. The maximum atomic E-state index is 13.0. The molecule has 9 heteroatoms. The molecule has 2 aromatic carbocycles. The van der Waals surface area contributed by atoms with Gasteiger partial charge in [-0.05, 0) is 69.2 Å². The molecule has 0 radical (unpaired) electrons. The highest BCUT2D eigenvalue weighted by atomic mass is 79.9. The van der Waals surface area contributed by atoms with Crippen LogP contribution in [0.15, 0.2) is 61.5 Å². The van der Waals surface area contributed by atoms with E-state index in [4.69, 9.17) is 9.15 Å². The number of carboxylic acid groups (broad SMARTS) is 1. The van der Waals surface area contributed by atoms with Crippen LogP contribution in [0, 0.1) is 5.82 Å². The van der Waals surface area contributed by atoms with Crippen LogP contribution >= 0.6 is 27.7 Å². The molecule has 3 aromatic rings. The average Bonchev–Trinajstić information content (AvgIpc) is 3.16. The Morgan fingerprint density at radius 3 is 2.66 bits per heavy atom. The van der Waals surface area contributed by atoms with Crippen molar-refractivity contribution in [1.29, 1.82) is 0 Å². The number of carbonyl (C=O) groups is 1. The summed E-state index contributed by atoms with van der Waals surface area (Å²) in [6, 6.07) is 11.3. The maximum absolute atomic E-state index is 13.0. The third kappa shape index (κ3) is 5.91. The zero-order valence-corrected chi connectivity index (χ0v) is 17.7. The third-order valence-corrected chi connectivity index (χ3v) is 5.19. The predicted octanol–water partition coefficient (Wildman–Crippen LogP) is 5.33. The van der Waals surface area contributed by atoms with Gasteiger partial charge in [-0.1, -0.05) is 25.1 Å². The van der Waals surface area contributed by atoms with Gasteiger partial charge in [-0.15, -0.1) is 10.2 Å². The molecule has 0 amide bonds. The Morgan fingerprint density at radius 2 is 2.03 bits per heavy atom. The van der Waals surface area contributed by atoms with Crippen LogP contribution in [0.2, 0.25) is 0 Å². The number of aliphatic carboxylic acids is 1. The summed E-state index contributed by atoms with van der Waals surface area (Å²) in [5.41, 5.74) is 1.49. The SMILES string of the molecule is CCc1nnc(S/C(=C\c2ccc(OCc3ccc(F)cc3)c(Br)c2)C(=O)O)o1. The number of aryl methyl sites for hydroxylation is 1. The maximum Gasteiger partial charge on any atom is 0.342 e. The topological polar surface area (TPSA) is 85.5 Å². The lowest BCUT2D eigenvalue weighted by Crippen LogP contribution is -1.98. The molecule has 0 fully saturated rings. The molecule has 0 atom stereocenters. The molecule has 0 saturated heterocycles. The highest BCUT2D eigenvalue weighted by molar-refractivity contribution is 9.10. The smallest absolute Gasteiger partial charge is 0.342 e. The number of hydrogen-bond donors (Lipinski definition) is 1. The van der Waals surface area contributed by atoms with E-state index in [-0.39, 0.29) is 22.6 Å². The summed E-state index contributed by atoms with van der Waals surface area (Å²) in [7, 11) is 0. The van der Waals surface area contributed by atoms with Crippen molar-refractivity contribution in [2.75, 3.05) is 0 Å². The number of hydrogen-bond acceptors (Lipinski definition) is 6. The fourth-order valence-electron chi connectivity index (χ4n) is 2.27. The second-order valence-corrected chi connectivity index (χ2v) is 7.68. The Kier molecular flexibility index (Phi) is 7.05. The van der Waals surface area contributed by atoms with Gasteiger partial charge in [0.25, 0.3) is 5.22 Å². The Bertz CT molecular complexity index is 1040. The summed E-state index contributed by atoms with van der Waals surface area (Å²) < 4.78 is 24.7. The van der Waals surface area contributed by atoms with E-state index in [9.17, 15) is 14.3 Å². The average molecular weight is 479 g/mol. The van der Waals surface area contributed by atoms with Crippen LogP contribution in [0.3, 0.4) is 0 Å². The van der Waals surface area contributed by atoms with Crippen molar-refractivity contribution < 1.29 is 23.4 Å². The number of thioether (sulfide) groups is 1. The first-order valence-electron chi connectivity index (χ1n) is 8.56. The van der Waals surface area contributed by atoms with Crippen molar-refractivity contribution in [3.8, 4) is 5.75 Å². The molecular weight excluding hydrogens is 463 g/mol. The predicted molar refractivity (Wildman–Crippen MR) is 110 cm³/mol. The molecule has 0 unspecified atom stereocenters. The fourth-order valence-corrected chi connectivity index (χ4v) is 3.47. The molecule has 0 bridgehead atoms. The molecule has 0 aliphatic rings. The Morgan fingerprint density at radius 1 is 1.28 bits per heavy atom. The minimum atomic E-state index is -1.10. The van der Waals surface area contributed by atoms with Crippen LogP contribution in [-0.4, -0.2) is 21.3 Å². The molecule has 0 spiro atoms. The van der Waals surface area contributed by atoms with Crippen LogP contribution in [0.25, 0.3) is 6.08 Å². The van der Waals surface area contributed by atoms with E-state index in [0.717, 1.165) is 17.3 Å². The first-order chi connectivity index (χ1) is 13.9. The van der Waals surface area contributed by atoms with Gasteiger partial charge < -0.3 is 14.3 Å². The van der Waals surface area contributed by atoms with E-state index in [1.54, 1.807) is 30.3 Å². The van der Waals surface area contributed by atoms with Crippen molar-refractivity contribution in [3.05, 3.63) is 74.7 Å². The monoisotopic (exact) mass is 478 g/mol. The van der Waals surface area contributed by atoms with Gasteiger partial charge >= 0.3 is 5.97 Å². The summed E-state index contributed by atoms with van der Waals surface area (Å²) in [4.78, 5) is 11.6. The van der Waals surface area contributed by atoms with Crippen molar-refractivity contribution in [2.24, 2.45) is 0 Å². The van der Waals surface area contributed by atoms with Gasteiger partial charge in [-0.25, -0.2) is 9.18 Å². The zero-order valence-electron chi connectivity index (χ0n) is 15.3. The summed E-state index contributed by atoms with van der Waals surface area (Å²) >= 11 is 4.32. The zero-order chi connectivity index (χ0) is 20.8. The summed E-state index contributed by atoms with van der Waals surface area (Å²) in [6.07, 6.45) is 2.09. The van der Waals surface area contributed by atoms with Crippen LogP contribution in [0.5, 0.6) is 5.75 Å². The normalized spacial score (nSPS) is 11.5. The second kappa shape index (κ2) is 9.71.